The Kier molecular flexibility index (Phi) is 2.57. The fourth-order valence-electron chi connectivity index (χ4n) is 0.659. The number of nitrogens with one attached hydrogen (secondary N) is 1. The van der Waals surface area contributed by atoms with E-state index >= 15 is 0 Å². The Labute approximate surface area is 68.4 Å². The highest BCUT2D eigenvalue weighted by molar-refractivity contribution is 5.86. The van der Waals surface area contributed by atoms with Gasteiger partial charge in [0.2, 0.25) is 0 Å². The lowest BCUT2D eigenvalue weighted by Crippen LogP contribution is -2.12. The summed E-state index contributed by atoms with van der Waals surface area (Å²) in [4.78, 5) is 27.4. The summed E-state index contributed by atoms with van der Waals surface area (Å²) < 4.78 is 4.64. The van der Waals surface area contributed by atoms with Gasteiger partial charge in [-0.1, -0.05) is 0 Å². The van der Waals surface area contributed by atoms with E-state index in [1.54, 1.807) is 6.92 Å². The second-order valence-electron chi connectivity index (χ2n) is 2.02. The van der Waals surface area contributed by atoms with Crippen LogP contribution in [0.3, 0.4) is 0 Å². The van der Waals surface area contributed by atoms with E-state index in [-0.39, 0.29) is 11.3 Å². The van der Waals surface area contributed by atoms with Crippen LogP contribution in [0.2, 0.25) is 0 Å². The smallest absolute Gasteiger partial charge is 0.358 e. The number of esters is 1. The number of carbonyl (C=O) groups excluding carboxylic acids is 1. The van der Waals surface area contributed by atoms with Gasteiger partial charge in [-0.2, -0.15) is 0 Å². The first kappa shape index (κ1) is 8.45. The van der Waals surface area contributed by atoms with Crippen molar-refractivity contribution < 1.29 is 9.53 Å². The van der Waals surface area contributed by atoms with E-state index in [1.165, 1.54) is 6.20 Å². The van der Waals surface area contributed by atoms with Crippen molar-refractivity contribution in [1.29, 1.82) is 0 Å². The van der Waals surface area contributed by atoms with E-state index in [2.05, 4.69) is 14.7 Å². The Bertz CT molecular complexity index is 311. The van der Waals surface area contributed by atoms with Crippen molar-refractivity contribution in [3.05, 3.63) is 28.4 Å². The number of ether oxygens (including phenoxy) is 1. The molecule has 0 unspecified atom stereocenters. The molecule has 12 heavy (non-hydrogen) atoms. The lowest BCUT2D eigenvalue weighted by molar-refractivity contribution is 0.0519. The third-order valence-corrected chi connectivity index (χ3v) is 1.16. The van der Waals surface area contributed by atoms with Gasteiger partial charge in [-0.25, -0.2) is 9.78 Å². The summed E-state index contributed by atoms with van der Waals surface area (Å²) in [6, 6.07) is 0. The van der Waals surface area contributed by atoms with Crippen LogP contribution in [0.1, 0.15) is 17.4 Å². The fourth-order valence-corrected chi connectivity index (χ4v) is 0.659. The monoisotopic (exact) mass is 168 g/mol. The predicted octanol–water partition coefficient (Wildman–Crippen LogP) is -0.0534. The summed E-state index contributed by atoms with van der Waals surface area (Å²) in [5.41, 5.74) is -0.237. The van der Waals surface area contributed by atoms with Crippen LogP contribution < -0.4 is 5.56 Å². The maximum Gasteiger partial charge on any atom is 0.358 e. The Morgan fingerprint density at radius 2 is 2.50 bits per heavy atom. The normalized spacial score (nSPS) is 9.42. The number of nitrogens with zero attached hydrogens (tertiary/aromatic N) is 1. The molecule has 1 aromatic rings. The SMILES string of the molecule is CCOC(=O)c1c[nH]c(=O)cn1. The number of rotatable bonds is 2. The highest BCUT2D eigenvalue weighted by Gasteiger charge is 2.06. The first-order valence-corrected chi connectivity index (χ1v) is 3.46. The summed E-state index contributed by atoms with van der Waals surface area (Å²) in [5, 5.41) is 0. The molecule has 64 valence electrons. The quantitative estimate of drug-likeness (QED) is 0.628. The topological polar surface area (TPSA) is 72.1 Å². The Morgan fingerprint density at radius 1 is 1.75 bits per heavy atom. The number of hydrogen-bond donors (Lipinski definition) is 1. The highest BCUT2D eigenvalue weighted by atomic mass is 16.5. The summed E-state index contributed by atoms with van der Waals surface area (Å²) in [6.07, 6.45) is 2.26. The third kappa shape index (κ3) is 1.91. The van der Waals surface area contributed by atoms with Crippen LogP contribution in [0.4, 0.5) is 0 Å². The molecule has 1 heterocycles. The molecule has 5 nitrogen and oxygen atoms in total. The van der Waals surface area contributed by atoms with Crippen molar-refractivity contribution in [2.45, 2.75) is 6.92 Å². The van der Waals surface area contributed by atoms with E-state index in [1.807, 2.05) is 0 Å². The molecule has 0 amide bonds. The van der Waals surface area contributed by atoms with Gasteiger partial charge >= 0.3 is 5.97 Å². The first-order valence-electron chi connectivity index (χ1n) is 3.46. The maximum atomic E-state index is 10.9. The van der Waals surface area contributed by atoms with E-state index in [0.29, 0.717) is 6.61 Å². The van der Waals surface area contributed by atoms with Crippen molar-refractivity contribution in [2.75, 3.05) is 6.61 Å². The second-order valence-corrected chi connectivity index (χ2v) is 2.02. The number of aromatic amines is 1. The van der Waals surface area contributed by atoms with E-state index in [0.717, 1.165) is 6.20 Å². The van der Waals surface area contributed by atoms with Crippen LogP contribution in [0.25, 0.3) is 0 Å². The molecule has 5 heteroatoms. The van der Waals surface area contributed by atoms with Gasteiger partial charge in [0.15, 0.2) is 5.69 Å². The molecule has 0 aliphatic heterocycles. The van der Waals surface area contributed by atoms with E-state index < -0.39 is 5.97 Å². The van der Waals surface area contributed by atoms with Crippen molar-refractivity contribution >= 4 is 5.97 Å². The molecule has 0 atom stereocenters. The first-order chi connectivity index (χ1) is 5.74. The van der Waals surface area contributed by atoms with Crippen molar-refractivity contribution in [1.82, 2.24) is 9.97 Å². The minimum Gasteiger partial charge on any atom is -0.461 e. The summed E-state index contributed by atoms with van der Waals surface area (Å²) in [6.45, 7) is 1.99. The molecule has 0 fully saturated rings. The molecular weight excluding hydrogens is 160 g/mol. The Hall–Kier alpha value is -1.65. The lowest BCUT2D eigenvalue weighted by atomic mass is 10.4. The fraction of sp³-hybridized carbons (Fsp3) is 0.286. The largest absolute Gasteiger partial charge is 0.461 e. The third-order valence-electron chi connectivity index (χ3n) is 1.16. The highest BCUT2D eigenvalue weighted by Crippen LogP contribution is 1.91. The van der Waals surface area contributed by atoms with Crippen LogP contribution >= 0.6 is 0 Å². The molecule has 0 bridgehead atoms. The summed E-state index contributed by atoms with van der Waals surface area (Å²) >= 11 is 0. The predicted molar refractivity (Wildman–Crippen MR) is 40.8 cm³/mol. The summed E-state index contributed by atoms with van der Waals surface area (Å²) in [5.74, 6) is -0.534. The van der Waals surface area contributed by atoms with Crippen LogP contribution in [0.5, 0.6) is 0 Å². The van der Waals surface area contributed by atoms with Gasteiger partial charge < -0.3 is 9.72 Å². The number of carbonyl (C=O) groups is 1. The summed E-state index contributed by atoms with van der Waals surface area (Å²) in [7, 11) is 0. The van der Waals surface area contributed by atoms with Gasteiger partial charge in [0, 0.05) is 6.20 Å². The number of H-pyrrole nitrogens is 1. The zero-order chi connectivity index (χ0) is 8.97. The molecule has 0 saturated carbocycles. The molecule has 1 rings (SSSR count). The minimum absolute atomic E-state index is 0.108. The number of hydrogen-bond acceptors (Lipinski definition) is 4. The Morgan fingerprint density at radius 3 is 3.00 bits per heavy atom. The molecule has 0 aliphatic carbocycles. The molecular formula is C7H8N2O3. The molecule has 0 spiro atoms. The van der Waals surface area contributed by atoms with E-state index in [9.17, 15) is 9.59 Å². The molecule has 0 aromatic carbocycles. The molecule has 0 saturated heterocycles. The lowest BCUT2D eigenvalue weighted by Gasteiger charge is -1.98. The second kappa shape index (κ2) is 3.66. The van der Waals surface area contributed by atoms with Gasteiger partial charge in [0.1, 0.15) is 0 Å². The standard InChI is InChI=1S/C7H8N2O3/c1-2-12-7(11)5-3-9-6(10)4-8-5/h3-4H,2H2,1H3,(H,9,10). The minimum atomic E-state index is -0.534. The van der Waals surface area contributed by atoms with Crippen molar-refractivity contribution in [3.63, 3.8) is 0 Å². The zero-order valence-corrected chi connectivity index (χ0v) is 6.53. The Balaban J connectivity index is 2.82. The van der Waals surface area contributed by atoms with Gasteiger partial charge in [-0.3, -0.25) is 4.79 Å². The van der Waals surface area contributed by atoms with Gasteiger partial charge in [-0.15, -0.1) is 0 Å². The average Bonchev–Trinajstić information content (AvgIpc) is 2.06. The average molecular weight is 168 g/mol. The zero-order valence-electron chi connectivity index (χ0n) is 6.53. The molecule has 0 radical (unpaired) electrons. The van der Waals surface area contributed by atoms with Crippen molar-refractivity contribution in [2.24, 2.45) is 0 Å². The van der Waals surface area contributed by atoms with Crippen LogP contribution in [0.15, 0.2) is 17.2 Å². The maximum absolute atomic E-state index is 10.9. The number of aromatic nitrogens is 2. The van der Waals surface area contributed by atoms with Crippen LogP contribution in [-0.4, -0.2) is 22.5 Å². The van der Waals surface area contributed by atoms with Crippen LogP contribution in [-0.2, 0) is 4.74 Å². The molecule has 1 N–H and O–H groups in total. The van der Waals surface area contributed by atoms with Crippen LogP contribution in [0, 0.1) is 0 Å². The molecule has 0 aliphatic rings. The molecule has 1 aromatic heterocycles. The van der Waals surface area contributed by atoms with E-state index in [4.69, 9.17) is 0 Å². The van der Waals surface area contributed by atoms with Gasteiger partial charge in [-0.05, 0) is 6.92 Å². The van der Waals surface area contributed by atoms with Crippen molar-refractivity contribution in [3.8, 4) is 0 Å². The van der Waals surface area contributed by atoms with Gasteiger partial charge in [0.05, 0.1) is 12.8 Å². The van der Waals surface area contributed by atoms with Gasteiger partial charge in [0.25, 0.3) is 5.56 Å².